The van der Waals surface area contributed by atoms with Crippen LogP contribution in [0.5, 0.6) is 0 Å². The van der Waals surface area contributed by atoms with Crippen molar-refractivity contribution in [1.82, 2.24) is 0 Å². The van der Waals surface area contributed by atoms with Gasteiger partial charge in [-0.2, -0.15) is 0 Å². The van der Waals surface area contributed by atoms with Crippen molar-refractivity contribution in [2.75, 3.05) is 0 Å². The molecule has 4 N–H and O–H groups in total. The van der Waals surface area contributed by atoms with Gasteiger partial charge in [0.15, 0.2) is 0 Å². The maximum atomic E-state index is 11.2. The van der Waals surface area contributed by atoms with E-state index in [0.29, 0.717) is 6.42 Å². The molecule has 3 atom stereocenters. The molecule has 0 aliphatic rings. The number of carboxylic acids is 4. The summed E-state index contributed by atoms with van der Waals surface area (Å²) in [5.41, 5.74) is 0. The quantitative estimate of drug-likeness (QED) is 0.444. The topological polar surface area (TPSA) is 149 Å². The van der Waals surface area contributed by atoms with Crippen LogP contribution in [0, 0.1) is 17.8 Å². The van der Waals surface area contributed by atoms with Crippen molar-refractivity contribution >= 4 is 23.9 Å². The Balaban J connectivity index is 4.90. The average Bonchev–Trinajstić information content (AvgIpc) is 2.34. The van der Waals surface area contributed by atoms with Gasteiger partial charge in [0.1, 0.15) is 0 Å². The van der Waals surface area contributed by atoms with Crippen LogP contribution in [0.3, 0.4) is 0 Å². The molecule has 0 aliphatic carbocycles. The molecule has 0 bridgehead atoms. The zero-order valence-electron chi connectivity index (χ0n) is 11.7. The molecule has 0 saturated heterocycles. The highest BCUT2D eigenvalue weighted by molar-refractivity contribution is 5.80. The van der Waals surface area contributed by atoms with Crippen molar-refractivity contribution in [2.45, 2.75) is 39.0 Å². The first-order chi connectivity index (χ1) is 9.70. The molecule has 8 nitrogen and oxygen atoms in total. The maximum Gasteiger partial charge on any atom is 0.307 e. The molecule has 0 fully saturated rings. The molecule has 0 aliphatic heterocycles. The van der Waals surface area contributed by atoms with E-state index in [9.17, 15) is 19.2 Å². The molecule has 0 aromatic carbocycles. The first-order valence-electron chi connectivity index (χ1n) is 6.60. The van der Waals surface area contributed by atoms with Gasteiger partial charge < -0.3 is 20.4 Å². The van der Waals surface area contributed by atoms with Crippen LogP contribution < -0.4 is 0 Å². The Bertz CT molecular complexity index is 403. The molecule has 0 amide bonds. The van der Waals surface area contributed by atoms with Crippen LogP contribution in [0.15, 0.2) is 0 Å². The van der Waals surface area contributed by atoms with E-state index in [-0.39, 0.29) is 19.3 Å². The van der Waals surface area contributed by atoms with E-state index in [0.717, 1.165) is 0 Å². The van der Waals surface area contributed by atoms with Crippen LogP contribution in [0.1, 0.15) is 39.0 Å². The minimum atomic E-state index is -1.33. The summed E-state index contributed by atoms with van der Waals surface area (Å²) in [5.74, 6) is -8.73. The van der Waals surface area contributed by atoms with Gasteiger partial charge in [-0.25, -0.2) is 0 Å². The number of hydrogen-bond donors (Lipinski definition) is 4. The number of rotatable bonds is 11. The molecule has 0 heterocycles. The number of carboxylic acid groups (broad SMARTS) is 4. The fourth-order valence-electron chi connectivity index (χ4n) is 2.21. The SMILES string of the molecule is CCCC(C(=O)O)C(CCC(CC(=O)O)C(=O)O)C(=O)O. The van der Waals surface area contributed by atoms with Gasteiger partial charge in [-0.05, 0) is 19.3 Å². The Hall–Kier alpha value is -2.12. The van der Waals surface area contributed by atoms with E-state index in [2.05, 4.69) is 0 Å². The Morgan fingerprint density at radius 2 is 1.24 bits per heavy atom. The Morgan fingerprint density at radius 1 is 0.762 bits per heavy atom. The van der Waals surface area contributed by atoms with Crippen molar-refractivity contribution in [3.8, 4) is 0 Å². The van der Waals surface area contributed by atoms with Gasteiger partial charge in [-0.1, -0.05) is 13.3 Å². The van der Waals surface area contributed by atoms with Gasteiger partial charge in [0.2, 0.25) is 0 Å². The molecule has 0 saturated carbocycles. The van der Waals surface area contributed by atoms with E-state index >= 15 is 0 Å². The van der Waals surface area contributed by atoms with Crippen LogP contribution in [0.4, 0.5) is 0 Å². The van der Waals surface area contributed by atoms with Crippen molar-refractivity contribution in [3.63, 3.8) is 0 Å². The standard InChI is InChI=1S/C13H20O8/c1-2-3-8(12(18)19)9(13(20)21)5-4-7(11(16)17)6-10(14)15/h7-9H,2-6H2,1H3,(H,14,15)(H,16,17)(H,18,19)(H,20,21). The van der Waals surface area contributed by atoms with Gasteiger partial charge in [0.05, 0.1) is 24.2 Å². The number of hydrogen-bond acceptors (Lipinski definition) is 4. The lowest BCUT2D eigenvalue weighted by Gasteiger charge is -2.21. The molecule has 0 aromatic heterocycles. The lowest BCUT2D eigenvalue weighted by Crippen LogP contribution is -2.31. The Labute approximate surface area is 121 Å². The van der Waals surface area contributed by atoms with E-state index in [4.69, 9.17) is 20.4 Å². The van der Waals surface area contributed by atoms with Crippen LogP contribution in [-0.4, -0.2) is 44.3 Å². The molecule has 21 heavy (non-hydrogen) atoms. The average molecular weight is 304 g/mol. The van der Waals surface area contributed by atoms with Gasteiger partial charge in [0, 0.05) is 0 Å². The lowest BCUT2D eigenvalue weighted by atomic mass is 9.83. The van der Waals surface area contributed by atoms with E-state index < -0.39 is 48.1 Å². The fraction of sp³-hybridized carbons (Fsp3) is 0.692. The minimum absolute atomic E-state index is 0.170. The Kier molecular flexibility index (Phi) is 8.03. The smallest absolute Gasteiger partial charge is 0.307 e. The molecule has 3 unspecified atom stereocenters. The third-order valence-electron chi connectivity index (χ3n) is 3.32. The molecule has 0 rings (SSSR count). The second-order valence-corrected chi connectivity index (χ2v) is 4.89. The number of carbonyl (C=O) groups is 4. The largest absolute Gasteiger partial charge is 0.481 e. The molecule has 0 aromatic rings. The summed E-state index contributed by atoms with van der Waals surface area (Å²) in [4.78, 5) is 43.8. The van der Waals surface area contributed by atoms with Crippen LogP contribution >= 0.6 is 0 Å². The molecule has 8 heteroatoms. The molecule has 120 valence electrons. The summed E-state index contributed by atoms with van der Waals surface area (Å²) in [6.07, 6.45) is -0.336. The van der Waals surface area contributed by atoms with Crippen molar-refractivity contribution in [3.05, 3.63) is 0 Å². The molecular weight excluding hydrogens is 284 g/mol. The third-order valence-corrected chi connectivity index (χ3v) is 3.32. The normalized spacial score (nSPS) is 14.9. The van der Waals surface area contributed by atoms with Gasteiger partial charge in [0.25, 0.3) is 0 Å². The summed E-state index contributed by atoms with van der Waals surface area (Å²) in [7, 11) is 0. The third kappa shape index (κ3) is 6.73. The first kappa shape index (κ1) is 18.9. The van der Waals surface area contributed by atoms with Gasteiger partial charge in [-0.15, -0.1) is 0 Å². The first-order valence-corrected chi connectivity index (χ1v) is 6.60. The van der Waals surface area contributed by atoms with Crippen molar-refractivity contribution in [2.24, 2.45) is 17.8 Å². The summed E-state index contributed by atoms with van der Waals surface area (Å²) in [6, 6.07) is 0. The highest BCUT2D eigenvalue weighted by Crippen LogP contribution is 2.26. The summed E-state index contributed by atoms with van der Waals surface area (Å²) in [6.45, 7) is 1.72. The molecular formula is C13H20O8. The summed E-state index contributed by atoms with van der Waals surface area (Å²) < 4.78 is 0. The van der Waals surface area contributed by atoms with Gasteiger partial charge in [-0.3, -0.25) is 19.2 Å². The minimum Gasteiger partial charge on any atom is -0.481 e. The monoisotopic (exact) mass is 304 g/mol. The summed E-state index contributed by atoms with van der Waals surface area (Å²) >= 11 is 0. The number of aliphatic carboxylic acids is 4. The zero-order valence-corrected chi connectivity index (χ0v) is 11.7. The molecule has 0 radical (unpaired) electrons. The van der Waals surface area contributed by atoms with Crippen molar-refractivity contribution < 1.29 is 39.6 Å². The van der Waals surface area contributed by atoms with E-state index in [1.807, 2.05) is 0 Å². The highest BCUT2D eigenvalue weighted by Gasteiger charge is 2.34. The predicted octanol–water partition coefficient (Wildman–Crippen LogP) is 1.14. The zero-order chi connectivity index (χ0) is 16.6. The Morgan fingerprint density at radius 3 is 1.57 bits per heavy atom. The lowest BCUT2D eigenvalue weighted by molar-refractivity contribution is -0.155. The van der Waals surface area contributed by atoms with Crippen molar-refractivity contribution in [1.29, 1.82) is 0 Å². The molecule has 0 spiro atoms. The second-order valence-electron chi connectivity index (χ2n) is 4.89. The van der Waals surface area contributed by atoms with Crippen LogP contribution in [0.2, 0.25) is 0 Å². The summed E-state index contributed by atoms with van der Waals surface area (Å²) in [5, 5.41) is 35.7. The fourth-order valence-corrected chi connectivity index (χ4v) is 2.21. The van der Waals surface area contributed by atoms with Gasteiger partial charge >= 0.3 is 23.9 Å². The predicted molar refractivity (Wildman–Crippen MR) is 69.8 cm³/mol. The van der Waals surface area contributed by atoms with E-state index in [1.165, 1.54) is 0 Å². The van der Waals surface area contributed by atoms with E-state index in [1.54, 1.807) is 6.92 Å². The highest BCUT2D eigenvalue weighted by atomic mass is 16.4. The second kappa shape index (κ2) is 8.93. The van der Waals surface area contributed by atoms with Crippen LogP contribution in [-0.2, 0) is 19.2 Å². The maximum absolute atomic E-state index is 11.2. The van der Waals surface area contributed by atoms with Crippen LogP contribution in [0.25, 0.3) is 0 Å².